The Balaban J connectivity index is 1.56. The molecule has 0 bridgehead atoms. The van der Waals surface area contributed by atoms with Gasteiger partial charge in [0.2, 0.25) is 5.91 Å². The van der Waals surface area contributed by atoms with Crippen molar-refractivity contribution < 1.29 is 9.59 Å². The standard InChI is InChI=1S/C23H25N3O2/c1-3-16(2)25-23(28)18-11-13-19(14-12-18)24-15-22(27)26-21-10-6-8-17-7-4-5-9-20(17)21/h4-14,16,24H,3,15H2,1-2H3,(H,25,28)(H,26,27). The highest BCUT2D eigenvalue weighted by Gasteiger charge is 2.09. The minimum absolute atomic E-state index is 0.0883. The van der Waals surface area contributed by atoms with Crippen LogP contribution in [0.4, 0.5) is 11.4 Å². The van der Waals surface area contributed by atoms with E-state index < -0.39 is 0 Å². The molecule has 0 aliphatic rings. The molecular formula is C23H25N3O2. The second-order valence-electron chi connectivity index (χ2n) is 6.79. The average molecular weight is 375 g/mol. The van der Waals surface area contributed by atoms with E-state index >= 15 is 0 Å². The molecule has 0 saturated heterocycles. The molecule has 2 amide bonds. The van der Waals surface area contributed by atoms with Crippen LogP contribution in [-0.2, 0) is 4.79 Å². The van der Waals surface area contributed by atoms with Crippen molar-refractivity contribution in [3.05, 3.63) is 72.3 Å². The van der Waals surface area contributed by atoms with E-state index in [0.717, 1.165) is 28.6 Å². The third-order valence-electron chi connectivity index (χ3n) is 4.65. The Morgan fingerprint density at radius 2 is 1.64 bits per heavy atom. The second kappa shape index (κ2) is 9.04. The van der Waals surface area contributed by atoms with Gasteiger partial charge < -0.3 is 16.0 Å². The Labute approximate surface area is 165 Å². The average Bonchev–Trinajstić information content (AvgIpc) is 2.72. The zero-order valence-corrected chi connectivity index (χ0v) is 16.2. The van der Waals surface area contributed by atoms with Gasteiger partial charge in [-0.3, -0.25) is 9.59 Å². The Bertz CT molecular complexity index is 962. The minimum atomic E-state index is -0.130. The topological polar surface area (TPSA) is 70.2 Å². The number of hydrogen-bond donors (Lipinski definition) is 3. The maximum atomic E-state index is 12.3. The van der Waals surface area contributed by atoms with Crippen molar-refractivity contribution in [2.75, 3.05) is 17.2 Å². The summed E-state index contributed by atoms with van der Waals surface area (Å²) in [6, 6.07) is 21.0. The van der Waals surface area contributed by atoms with E-state index in [1.807, 2.05) is 56.3 Å². The molecule has 3 rings (SSSR count). The molecule has 3 aromatic carbocycles. The zero-order chi connectivity index (χ0) is 19.9. The van der Waals surface area contributed by atoms with Gasteiger partial charge in [0.25, 0.3) is 5.91 Å². The van der Waals surface area contributed by atoms with Crippen LogP contribution in [0.15, 0.2) is 66.7 Å². The number of anilines is 2. The number of rotatable bonds is 7. The Kier molecular flexibility index (Phi) is 6.27. The minimum Gasteiger partial charge on any atom is -0.376 e. The van der Waals surface area contributed by atoms with Gasteiger partial charge in [-0.1, -0.05) is 43.3 Å². The third kappa shape index (κ3) is 4.88. The highest BCUT2D eigenvalue weighted by atomic mass is 16.2. The number of amides is 2. The zero-order valence-electron chi connectivity index (χ0n) is 16.2. The molecule has 0 radical (unpaired) electrons. The van der Waals surface area contributed by atoms with Crippen LogP contribution in [0.3, 0.4) is 0 Å². The Hall–Kier alpha value is -3.34. The summed E-state index contributed by atoms with van der Waals surface area (Å²) in [6.45, 7) is 4.14. The number of carbonyl (C=O) groups excluding carboxylic acids is 2. The number of nitrogens with one attached hydrogen (secondary N) is 3. The lowest BCUT2D eigenvalue weighted by molar-refractivity contribution is -0.114. The fourth-order valence-electron chi connectivity index (χ4n) is 2.86. The van der Waals surface area contributed by atoms with E-state index in [1.165, 1.54) is 0 Å². The lowest BCUT2D eigenvalue weighted by atomic mass is 10.1. The van der Waals surface area contributed by atoms with Crippen molar-refractivity contribution in [1.82, 2.24) is 5.32 Å². The van der Waals surface area contributed by atoms with Crippen LogP contribution in [-0.4, -0.2) is 24.4 Å². The summed E-state index contributed by atoms with van der Waals surface area (Å²) in [5, 5.41) is 11.1. The Morgan fingerprint density at radius 1 is 0.929 bits per heavy atom. The predicted molar refractivity (Wildman–Crippen MR) is 115 cm³/mol. The van der Waals surface area contributed by atoms with Crippen LogP contribution in [0.25, 0.3) is 10.8 Å². The quantitative estimate of drug-likeness (QED) is 0.572. The van der Waals surface area contributed by atoms with E-state index in [0.29, 0.717) is 5.56 Å². The number of hydrogen-bond acceptors (Lipinski definition) is 3. The van der Waals surface area contributed by atoms with Crippen LogP contribution >= 0.6 is 0 Å². The summed E-state index contributed by atoms with van der Waals surface area (Å²) < 4.78 is 0. The van der Waals surface area contributed by atoms with Gasteiger partial charge in [0.15, 0.2) is 0 Å². The highest BCUT2D eigenvalue weighted by molar-refractivity contribution is 6.03. The number of fused-ring (bicyclic) bond motifs is 1. The van der Waals surface area contributed by atoms with Crippen molar-refractivity contribution in [3.63, 3.8) is 0 Å². The fraction of sp³-hybridized carbons (Fsp3) is 0.217. The first-order chi connectivity index (χ1) is 13.6. The van der Waals surface area contributed by atoms with Gasteiger partial charge in [-0.15, -0.1) is 0 Å². The molecular weight excluding hydrogens is 350 g/mol. The summed E-state index contributed by atoms with van der Waals surface area (Å²) in [7, 11) is 0. The first kappa shape index (κ1) is 19.4. The molecule has 0 spiro atoms. The van der Waals surface area contributed by atoms with Crippen LogP contribution in [0.2, 0.25) is 0 Å². The molecule has 1 unspecified atom stereocenters. The lowest BCUT2D eigenvalue weighted by Crippen LogP contribution is -2.31. The van der Waals surface area contributed by atoms with Gasteiger partial charge in [0.05, 0.1) is 6.54 Å². The normalized spacial score (nSPS) is 11.6. The molecule has 3 aromatic rings. The molecule has 0 saturated carbocycles. The molecule has 5 nitrogen and oxygen atoms in total. The molecule has 28 heavy (non-hydrogen) atoms. The van der Waals surface area contributed by atoms with Crippen molar-refractivity contribution in [1.29, 1.82) is 0 Å². The highest BCUT2D eigenvalue weighted by Crippen LogP contribution is 2.22. The summed E-state index contributed by atoms with van der Waals surface area (Å²) in [4.78, 5) is 24.4. The van der Waals surface area contributed by atoms with Crippen molar-refractivity contribution >= 4 is 34.0 Å². The van der Waals surface area contributed by atoms with E-state index in [4.69, 9.17) is 0 Å². The molecule has 0 aliphatic carbocycles. The molecule has 5 heteroatoms. The smallest absolute Gasteiger partial charge is 0.251 e. The van der Waals surface area contributed by atoms with E-state index in [9.17, 15) is 9.59 Å². The molecule has 0 aromatic heterocycles. The summed E-state index contributed by atoms with van der Waals surface area (Å²) in [5.74, 6) is -0.218. The third-order valence-corrected chi connectivity index (χ3v) is 4.65. The summed E-state index contributed by atoms with van der Waals surface area (Å²) in [5.41, 5.74) is 2.18. The molecule has 0 heterocycles. The molecule has 1 atom stereocenters. The van der Waals surface area contributed by atoms with Crippen LogP contribution in [0.1, 0.15) is 30.6 Å². The SMILES string of the molecule is CCC(C)NC(=O)c1ccc(NCC(=O)Nc2cccc3ccccc23)cc1. The van der Waals surface area contributed by atoms with E-state index in [2.05, 4.69) is 16.0 Å². The van der Waals surface area contributed by atoms with Crippen LogP contribution in [0, 0.1) is 0 Å². The largest absolute Gasteiger partial charge is 0.376 e. The first-order valence-electron chi connectivity index (χ1n) is 9.49. The monoisotopic (exact) mass is 375 g/mol. The predicted octanol–water partition coefficient (Wildman–Crippen LogP) is 4.42. The number of carbonyl (C=O) groups is 2. The number of benzene rings is 3. The maximum absolute atomic E-state index is 12.3. The van der Waals surface area contributed by atoms with Crippen molar-refractivity contribution in [2.45, 2.75) is 26.3 Å². The van der Waals surface area contributed by atoms with Gasteiger partial charge in [-0.05, 0) is 49.1 Å². The van der Waals surface area contributed by atoms with Gasteiger partial charge >= 0.3 is 0 Å². The van der Waals surface area contributed by atoms with Gasteiger partial charge in [0, 0.05) is 28.4 Å². The van der Waals surface area contributed by atoms with Crippen LogP contribution < -0.4 is 16.0 Å². The first-order valence-corrected chi connectivity index (χ1v) is 9.49. The molecule has 0 aliphatic heterocycles. The summed E-state index contributed by atoms with van der Waals surface area (Å²) >= 11 is 0. The van der Waals surface area contributed by atoms with E-state index in [1.54, 1.807) is 24.3 Å². The maximum Gasteiger partial charge on any atom is 0.251 e. The molecule has 3 N–H and O–H groups in total. The lowest BCUT2D eigenvalue weighted by Gasteiger charge is -2.12. The van der Waals surface area contributed by atoms with Crippen LogP contribution in [0.5, 0.6) is 0 Å². The van der Waals surface area contributed by atoms with Crippen molar-refractivity contribution in [3.8, 4) is 0 Å². The summed E-state index contributed by atoms with van der Waals surface area (Å²) in [6.07, 6.45) is 0.886. The van der Waals surface area contributed by atoms with E-state index in [-0.39, 0.29) is 24.4 Å². The molecule has 144 valence electrons. The second-order valence-corrected chi connectivity index (χ2v) is 6.79. The van der Waals surface area contributed by atoms with Gasteiger partial charge in [0.1, 0.15) is 0 Å². The van der Waals surface area contributed by atoms with Crippen molar-refractivity contribution in [2.24, 2.45) is 0 Å². The Morgan fingerprint density at radius 3 is 2.39 bits per heavy atom. The van der Waals surface area contributed by atoms with Gasteiger partial charge in [-0.25, -0.2) is 0 Å². The molecule has 0 fully saturated rings. The van der Waals surface area contributed by atoms with Gasteiger partial charge in [-0.2, -0.15) is 0 Å². The fourth-order valence-corrected chi connectivity index (χ4v) is 2.86.